The van der Waals surface area contributed by atoms with E-state index >= 15 is 0 Å². The van der Waals surface area contributed by atoms with Crippen molar-refractivity contribution in [3.8, 4) is 0 Å². The quantitative estimate of drug-likeness (QED) is 0.830. The summed E-state index contributed by atoms with van der Waals surface area (Å²) in [6.07, 6.45) is -1.77. The van der Waals surface area contributed by atoms with Crippen molar-refractivity contribution in [3.05, 3.63) is 23.7 Å². The van der Waals surface area contributed by atoms with Gasteiger partial charge in [-0.25, -0.2) is 0 Å². The second-order valence-electron chi connectivity index (χ2n) is 4.94. The highest BCUT2D eigenvalue weighted by atomic mass is 19.4. The first kappa shape index (κ1) is 14.4. The zero-order valence-electron chi connectivity index (χ0n) is 11.0. The molecule has 1 heterocycles. The highest BCUT2D eigenvalue weighted by molar-refractivity contribution is 5.07. The van der Waals surface area contributed by atoms with E-state index in [-0.39, 0.29) is 6.54 Å². The molecule has 1 aliphatic carbocycles. The van der Waals surface area contributed by atoms with Gasteiger partial charge in [-0.2, -0.15) is 13.2 Å². The van der Waals surface area contributed by atoms with Crippen LogP contribution in [0.5, 0.6) is 0 Å². The van der Waals surface area contributed by atoms with Crippen LogP contribution in [0.1, 0.15) is 31.3 Å². The SMILES string of the molecule is CCN(Cc1ccc(CNC2CC2)o1)CC(F)(F)F. The molecule has 6 heteroatoms. The molecular formula is C13H19F3N2O. The molecule has 0 amide bonds. The van der Waals surface area contributed by atoms with Gasteiger partial charge in [-0.05, 0) is 31.5 Å². The first-order valence-corrected chi connectivity index (χ1v) is 6.56. The first-order valence-electron chi connectivity index (χ1n) is 6.56. The van der Waals surface area contributed by atoms with Crippen LogP contribution in [-0.2, 0) is 13.1 Å². The van der Waals surface area contributed by atoms with Gasteiger partial charge >= 0.3 is 6.18 Å². The smallest absolute Gasteiger partial charge is 0.401 e. The number of nitrogens with one attached hydrogen (secondary N) is 1. The Hall–Kier alpha value is -1.01. The Kier molecular flexibility index (Phi) is 4.52. The summed E-state index contributed by atoms with van der Waals surface area (Å²) in [4.78, 5) is 1.32. The van der Waals surface area contributed by atoms with Crippen LogP contribution in [0.4, 0.5) is 13.2 Å². The Morgan fingerprint density at radius 1 is 1.32 bits per heavy atom. The highest BCUT2D eigenvalue weighted by Gasteiger charge is 2.30. The molecule has 1 aliphatic rings. The molecule has 0 aromatic carbocycles. The lowest BCUT2D eigenvalue weighted by Crippen LogP contribution is -2.33. The van der Waals surface area contributed by atoms with E-state index in [1.165, 1.54) is 17.7 Å². The largest absolute Gasteiger partial charge is 0.463 e. The summed E-state index contributed by atoms with van der Waals surface area (Å²) < 4.78 is 42.5. The number of halogens is 3. The van der Waals surface area contributed by atoms with Gasteiger partial charge in [-0.1, -0.05) is 6.92 Å². The van der Waals surface area contributed by atoms with Gasteiger partial charge < -0.3 is 9.73 Å². The van der Waals surface area contributed by atoms with Crippen molar-refractivity contribution in [1.29, 1.82) is 0 Å². The minimum absolute atomic E-state index is 0.194. The minimum atomic E-state index is -4.17. The van der Waals surface area contributed by atoms with Crippen LogP contribution in [0.2, 0.25) is 0 Å². The number of hydrogen-bond acceptors (Lipinski definition) is 3. The lowest BCUT2D eigenvalue weighted by atomic mass is 10.3. The molecule has 1 fully saturated rings. The number of alkyl halides is 3. The van der Waals surface area contributed by atoms with E-state index in [9.17, 15) is 13.2 Å². The van der Waals surface area contributed by atoms with E-state index in [1.54, 1.807) is 13.0 Å². The standard InChI is InChI=1S/C13H19F3N2O/c1-2-18(9-13(14,15)16)8-12-6-5-11(19-12)7-17-10-3-4-10/h5-6,10,17H,2-4,7-9H2,1H3. The third-order valence-corrected chi connectivity index (χ3v) is 3.09. The molecule has 0 aliphatic heterocycles. The summed E-state index contributed by atoms with van der Waals surface area (Å²) in [5.41, 5.74) is 0. The first-order chi connectivity index (χ1) is 8.96. The summed E-state index contributed by atoms with van der Waals surface area (Å²) in [5, 5.41) is 3.30. The van der Waals surface area contributed by atoms with Crippen molar-refractivity contribution in [2.24, 2.45) is 0 Å². The van der Waals surface area contributed by atoms with Gasteiger partial charge in [0.2, 0.25) is 0 Å². The Morgan fingerprint density at radius 3 is 2.58 bits per heavy atom. The fourth-order valence-corrected chi connectivity index (χ4v) is 1.89. The number of hydrogen-bond donors (Lipinski definition) is 1. The Labute approximate surface area is 110 Å². The van der Waals surface area contributed by atoms with E-state index in [4.69, 9.17) is 4.42 Å². The van der Waals surface area contributed by atoms with Gasteiger partial charge in [0.25, 0.3) is 0 Å². The summed E-state index contributed by atoms with van der Waals surface area (Å²) in [7, 11) is 0. The molecule has 1 saturated carbocycles. The number of nitrogens with zero attached hydrogens (tertiary/aromatic N) is 1. The molecular weight excluding hydrogens is 257 g/mol. The Bertz CT molecular complexity index is 399. The maximum atomic E-state index is 12.3. The molecule has 1 aromatic rings. The van der Waals surface area contributed by atoms with E-state index in [2.05, 4.69) is 5.32 Å². The fraction of sp³-hybridized carbons (Fsp3) is 0.692. The number of furan rings is 1. The predicted molar refractivity (Wildman–Crippen MR) is 65.6 cm³/mol. The van der Waals surface area contributed by atoms with E-state index in [1.807, 2.05) is 6.07 Å². The summed E-state index contributed by atoms with van der Waals surface area (Å²) >= 11 is 0. The summed E-state index contributed by atoms with van der Waals surface area (Å²) in [6, 6.07) is 4.17. The molecule has 108 valence electrons. The average molecular weight is 276 g/mol. The molecule has 2 rings (SSSR count). The predicted octanol–water partition coefficient (Wildman–Crippen LogP) is 2.92. The molecule has 0 saturated heterocycles. The van der Waals surface area contributed by atoms with Crippen molar-refractivity contribution >= 4 is 0 Å². The second kappa shape index (κ2) is 5.96. The lowest BCUT2D eigenvalue weighted by Gasteiger charge is -2.20. The maximum Gasteiger partial charge on any atom is 0.401 e. The van der Waals surface area contributed by atoms with E-state index in [0.29, 0.717) is 24.9 Å². The lowest BCUT2D eigenvalue weighted by molar-refractivity contribution is -0.147. The van der Waals surface area contributed by atoms with E-state index < -0.39 is 12.7 Å². The monoisotopic (exact) mass is 276 g/mol. The van der Waals surface area contributed by atoms with Crippen LogP contribution >= 0.6 is 0 Å². The van der Waals surface area contributed by atoms with Gasteiger partial charge in [0.15, 0.2) is 0 Å². The molecule has 0 radical (unpaired) electrons. The Balaban J connectivity index is 1.82. The van der Waals surface area contributed by atoms with Crippen molar-refractivity contribution in [2.75, 3.05) is 13.1 Å². The molecule has 0 spiro atoms. The van der Waals surface area contributed by atoms with Crippen molar-refractivity contribution in [1.82, 2.24) is 10.2 Å². The normalized spacial score (nSPS) is 16.3. The van der Waals surface area contributed by atoms with Gasteiger partial charge in [-0.15, -0.1) is 0 Å². The molecule has 1 N–H and O–H groups in total. The third kappa shape index (κ3) is 5.24. The molecule has 0 bridgehead atoms. The minimum Gasteiger partial charge on any atom is -0.463 e. The molecule has 1 aromatic heterocycles. The molecule has 0 unspecified atom stereocenters. The van der Waals surface area contributed by atoms with Crippen molar-refractivity contribution < 1.29 is 17.6 Å². The van der Waals surface area contributed by atoms with Gasteiger partial charge in [0, 0.05) is 6.04 Å². The zero-order valence-corrected chi connectivity index (χ0v) is 11.0. The van der Waals surface area contributed by atoms with Gasteiger partial charge in [-0.3, -0.25) is 4.90 Å². The van der Waals surface area contributed by atoms with Gasteiger partial charge in [0.05, 0.1) is 19.6 Å². The van der Waals surface area contributed by atoms with E-state index in [0.717, 1.165) is 5.76 Å². The van der Waals surface area contributed by atoms with Crippen LogP contribution in [0.15, 0.2) is 16.5 Å². The van der Waals surface area contributed by atoms with Crippen LogP contribution in [0, 0.1) is 0 Å². The topological polar surface area (TPSA) is 28.4 Å². The molecule has 3 nitrogen and oxygen atoms in total. The number of rotatable bonds is 7. The third-order valence-electron chi connectivity index (χ3n) is 3.09. The van der Waals surface area contributed by atoms with Crippen LogP contribution in [-0.4, -0.2) is 30.2 Å². The zero-order chi connectivity index (χ0) is 13.9. The van der Waals surface area contributed by atoms with Crippen LogP contribution < -0.4 is 5.32 Å². The fourth-order valence-electron chi connectivity index (χ4n) is 1.89. The maximum absolute atomic E-state index is 12.3. The summed E-state index contributed by atoms with van der Waals surface area (Å²) in [6.45, 7) is 2.00. The van der Waals surface area contributed by atoms with Crippen LogP contribution in [0.25, 0.3) is 0 Å². The Morgan fingerprint density at radius 2 is 2.00 bits per heavy atom. The second-order valence-corrected chi connectivity index (χ2v) is 4.94. The molecule has 19 heavy (non-hydrogen) atoms. The molecule has 0 atom stereocenters. The van der Waals surface area contributed by atoms with Crippen LogP contribution in [0.3, 0.4) is 0 Å². The summed E-state index contributed by atoms with van der Waals surface area (Å²) in [5.74, 6) is 1.36. The van der Waals surface area contributed by atoms with Gasteiger partial charge in [0.1, 0.15) is 11.5 Å². The van der Waals surface area contributed by atoms with Crippen molar-refractivity contribution in [2.45, 2.75) is 45.1 Å². The van der Waals surface area contributed by atoms with Crippen molar-refractivity contribution in [3.63, 3.8) is 0 Å². The highest BCUT2D eigenvalue weighted by Crippen LogP contribution is 2.21. The average Bonchev–Trinajstić information content (AvgIpc) is 3.05.